The van der Waals surface area contributed by atoms with E-state index in [0.717, 1.165) is 5.56 Å². The summed E-state index contributed by atoms with van der Waals surface area (Å²) in [6, 6.07) is 3.52. The van der Waals surface area contributed by atoms with Crippen molar-refractivity contribution in [3.63, 3.8) is 0 Å². The summed E-state index contributed by atoms with van der Waals surface area (Å²) in [5.41, 5.74) is 0.384. The van der Waals surface area contributed by atoms with Crippen molar-refractivity contribution >= 4 is 23.5 Å². The molecule has 0 atom stereocenters. The molecule has 1 saturated heterocycles. The van der Waals surface area contributed by atoms with E-state index in [1.807, 2.05) is 33.8 Å². The van der Waals surface area contributed by atoms with Crippen LogP contribution in [0.25, 0.3) is 0 Å². The number of aryl methyl sites for hydroxylation is 1. The van der Waals surface area contributed by atoms with E-state index < -0.39 is 11.2 Å². The molecule has 25 heavy (non-hydrogen) atoms. The zero-order valence-electron chi connectivity index (χ0n) is 15.1. The highest BCUT2D eigenvalue weighted by molar-refractivity contribution is 6.31. The number of likely N-dealkylation sites (tertiary alicyclic amines) is 1. The molecule has 5 nitrogen and oxygen atoms in total. The Hall–Kier alpha value is -1.75. The zero-order chi connectivity index (χ0) is 18.4. The van der Waals surface area contributed by atoms with Crippen LogP contribution in [0.3, 0.4) is 0 Å². The molecule has 0 bridgehead atoms. The van der Waals surface area contributed by atoms with Gasteiger partial charge in [-0.3, -0.25) is 4.79 Å². The van der Waals surface area contributed by atoms with E-state index in [1.54, 1.807) is 11.0 Å². The van der Waals surface area contributed by atoms with Crippen LogP contribution in [0.15, 0.2) is 12.1 Å². The lowest BCUT2D eigenvalue weighted by molar-refractivity contribution is -0.0226. The number of fused-ring (bicyclic) bond motifs is 1. The van der Waals surface area contributed by atoms with Crippen LogP contribution < -0.4 is 4.74 Å². The van der Waals surface area contributed by atoms with Crippen molar-refractivity contribution in [2.75, 3.05) is 13.1 Å². The molecule has 0 aromatic heterocycles. The number of ether oxygens (including phenoxy) is 2. The monoisotopic (exact) mass is 365 g/mol. The summed E-state index contributed by atoms with van der Waals surface area (Å²) in [6.45, 7) is 8.48. The highest BCUT2D eigenvalue weighted by Crippen LogP contribution is 2.41. The number of benzene rings is 1. The Morgan fingerprint density at radius 3 is 2.52 bits per heavy atom. The Bertz CT molecular complexity index is 715. The second-order valence-corrected chi connectivity index (χ2v) is 8.36. The standard InChI is InChI=1S/C19H24ClNO4/c1-12-9-16-13(10-14(12)20)15(22)11-19(24-16)5-7-21(8-6-19)17(23)25-18(2,3)4/h9-10H,5-8,11H2,1-4H3. The Morgan fingerprint density at radius 1 is 1.28 bits per heavy atom. The predicted molar refractivity (Wildman–Crippen MR) is 95.5 cm³/mol. The van der Waals surface area contributed by atoms with E-state index in [-0.39, 0.29) is 11.9 Å². The number of halogens is 1. The molecule has 6 heteroatoms. The maximum Gasteiger partial charge on any atom is 0.410 e. The van der Waals surface area contributed by atoms with Crippen molar-refractivity contribution in [3.05, 3.63) is 28.3 Å². The maximum atomic E-state index is 12.6. The van der Waals surface area contributed by atoms with Gasteiger partial charge in [0.05, 0.1) is 12.0 Å². The largest absolute Gasteiger partial charge is 0.486 e. The Balaban J connectivity index is 1.72. The van der Waals surface area contributed by atoms with Crippen LogP contribution in [0.4, 0.5) is 4.79 Å². The topological polar surface area (TPSA) is 55.8 Å². The smallest absolute Gasteiger partial charge is 0.410 e. The van der Waals surface area contributed by atoms with Gasteiger partial charge in [0.1, 0.15) is 17.0 Å². The highest BCUT2D eigenvalue weighted by Gasteiger charge is 2.44. The minimum absolute atomic E-state index is 0.0499. The number of amides is 1. The molecule has 1 amide bonds. The van der Waals surface area contributed by atoms with Gasteiger partial charge >= 0.3 is 6.09 Å². The SMILES string of the molecule is Cc1cc2c(cc1Cl)C(=O)CC1(CCN(C(=O)OC(C)(C)C)CC1)O2. The summed E-state index contributed by atoms with van der Waals surface area (Å²) in [7, 11) is 0. The summed E-state index contributed by atoms with van der Waals surface area (Å²) in [5, 5.41) is 0.575. The summed E-state index contributed by atoms with van der Waals surface area (Å²) in [6.07, 6.45) is 1.23. The quantitative estimate of drug-likeness (QED) is 0.684. The number of rotatable bonds is 0. The molecular formula is C19H24ClNO4. The fourth-order valence-corrected chi connectivity index (χ4v) is 3.48. The molecule has 0 radical (unpaired) electrons. The summed E-state index contributed by atoms with van der Waals surface area (Å²) < 4.78 is 11.7. The second-order valence-electron chi connectivity index (χ2n) is 7.95. The molecule has 0 saturated carbocycles. The number of carbonyl (C=O) groups excluding carboxylic acids is 2. The van der Waals surface area contributed by atoms with Gasteiger partial charge in [-0.1, -0.05) is 11.6 Å². The van der Waals surface area contributed by atoms with Gasteiger partial charge in [0.2, 0.25) is 0 Å². The van der Waals surface area contributed by atoms with Crippen molar-refractivity contribution in [3.8, 4) is 5.75 Å². The van der Waals surface area contributed by atoms with Gasteiger partial charge in [-0.25, -0.2) is 4.79 Å². The molecule has 1 fully saturated rings. The molecule has 2 aliphatic heterocycles. The number of Topliss-reactive ketones (excluding diaryl/α,β-unsaturated/α-hetero) is 1. The van der Waals surface area contributed by atoms with E-state index in [1.165, 1.54) is 0 Å². The lowest BCUT2D eigenvalue weighted by atomic mass is 9.82. The first-order valence-electron chi connectivity index (χ1n) is 8.59. The third kappa shape index (κ3) is 3.76. The van der Waals surface area contributed by atoms with Gasteiger partial charge in [0.15, 0.2) is 5.78 Å². The highest BCUT2D eigenvalue weighted by atomic mass is 35.5. The van der Waals surface area contributed by atoms with Gasteiger partial charge in [-0.15, -0.1) is 0 Å². The van der Waals surface area contributed by atoms with Crippen LogP contribution in [0.2, 0.25) is 5.02 Å². The molecule has 3 rings (SSSR count). The molecule has 0 unspecified atom stereocenters. The van der Waals surface area contributed by atoms with Crippen molar-refractivity contribution in [1.29, 1.82) is 0 Å². The average molecular weight is 366 g/mol. The lowest BCUT2D eigenvalue weighted by Gasteiger charge is -2.44. The van der Waals surface area contributed by atoms with Crippen LogP contribution in [0.1, 0.15) is 56.0 Å². The van der Waals surface area contributed by atoms with Crippen molar-refractivity contribution in [1.82, 2.24) is 4.90 Å². The summed E-state index contributed by atoms with van der Waals surface area (Å²) in [4.78, 5) is 26.5. The van der Waals surface area contributed by atoms with Gasteiger partial charge in [0.25, 0.3) is 0 Å². The lowest BCUT2D eigenvalue weighted by Crippen LogP contribution is -2.53. The van der Waals surface area contributed by atoms with E-state index >= 15 is 0 Å². The normalized spacial score (nSPS) is 19.4. The molecule has 2 aliphatic rings. The first-order chi connectivity index (χ1) is 11.6. The third-order valence-corrected chi connectivity index (χ3v) is 5.10. The molecule has 1 aromatic rings. The van der Waals surface area contributed by atoms with Gasteiger partial charge in [-0.2, -0.15) is 0 Å². The fraction of sp³-hybridized carbons (Fsp3) is 0.579. The van der Waals surface area contributed by atoms with Crippen LogP contribution in [0.5, 0.6) is 5.75 Å². The molecule has 0 aliphatic carbocycles. The Morgan fingerprint density at radius 2 is 1.92 bits per heavy atom. The number of carbonyl (C=O) groups is 2. The van der Waals surface area contributed by atoms with Crippen molar-refractivity contribution in [2.45, 2.75) is 58.2 Å². The van der Waals surface area contributed by atoms with Gasteiger partial charge in [0, 0.05) is 31.0 Å². The number of nitrogens with zero attached hydrogens (tertiary/aromatic N) is 1. The van der Waals surface area contributed by atoms with E-state index in [0.29, 0.717) is 48.7 Å². The molecule has 136 valence electrons. The number of hydrogen-bond donors (Lipinski definition) is 0. The summed E-state index contributed by atoms with van der Waals surface area (Å²) >= 11 is 6.13. The van der Waals surface area contributed by atoms with E-state index in [2.05, 4.69) is 0 Å². The molecule has 1 spiro atoms. The Labute approximate surface area is 153 Å². The number of ketones is 1. The van der Waals surface area contributed by atoms with Crippen molar-refractivity contribution in [2.24, 2.45) is 0 Å². The minimum atomic E-state index is -0.539. The molecule has 1 aromatic carbocycles. The maximum absolute atomic E-state index is 12.6. The first kappa shape index (κ1) is 18.1. The minimum Gasteiger partial charge on any atom is -0.486 e. The third-order valence-electron chi connectivity index (χ3n) is 4.70. The van der Waals surface area contributed by atoms with Gasteiger partial charge in [-0.05, 0) is 45.4 Å². The van der Waals surface area contributed by atoms with Crippen LogP contribution >= 0.6 is 11.6 Å². The molecule has 2 heterocycles. The van der Waals surface area contributed by atoms with Crippen LogP contribution in [0, 0.1) is 6.92 Å². The number of hydrogen-bond acceptors (Lipinski definition) is 4. The van der Waals surface area contributed by atoms with Crippen LogP contribution in [-0.2, 0) is 4.74 Å². The van der Waals surface area contributed by atoms with E-state index in [9.17, 15) is 9.59 Å². The fourth-order valence-electron chi connectivity index (χ4n) is 3.32. The number of piperidine rings is 1. The van der Waals surface area contributed by atoms with Gasteiger partial charge < -0.3 is 14.4 Å². The average Bonchev–Trinajstić information content (AvgIpc) is 2.48. The zero-order valence-corrected chi connectivity index (χ0v) is 15.9. The Kier molecular flexibility index (Phi) is 4.48. The van der Waals surface area contributed by atoms with Crippen molar-refractivity contribution < 1.29 is 19.1 Å². The first-order valence-corrected chi connectivity index (χ1v) is 8.97. The summed E-state index contributed by atoms with van der Waals surface area (Å²) in [5.74, 6) is 0.651. The molecule has 0 N–H and O–H groups in total. The second kappa shape index (κ2) is 6.20. The van der Waals surface area contributed by atoms with Crippen LogP contribution in [-0.4, -0.2) is 41.1 Å². The predicted octanol–water partition coefficient (Wildman–Crippen LogP) is 4.38. The molecular weight excluding hydrogens is 342 g/mol. The van der Waals surface area contributed by atoms with E-state index in [4.69, 9.17) is 21.1 Å².